The minimum absolute atomic E-state index is 0.0420. The summed E-state index contributed by atoms with van der Waals surface area (Å²) >= 11 is 5.97. The molecule has 13 nitrogen and oxygen atoms in total. The number of esters is 1. The van der Waals surface area contributed by atoms with Crippen LogP contribution in [0.25, 0.3) is 0 Å². The molecule has 1 aromatic heterocycles. The van der Waals surface area contributed by atoms with E-state index >= 15 is 0 Å². The number of rotatable bonds is 12. The maximum Gasteiger partial charge on any atom is 0.459 e. The lowest BCUT2D eigenvalue weighted by atomic mass is 9.95. The van der Waals surface area contributed by atoms with Gasteiger partial charge in [0.05, 0.1) is 12.7 Å². The molecule has 0 saturated carbocycles. The van der Waals surface area contributed by atoms with Crippen LogP contribution in [0, 0.1) is 12.3 Å². The van der Waals surface area contributed by atoms with Gasteiger partial charge < -0.3 is 24.2 Å². The third-order valence-electron chi connectivity index (χ3n) is 6.50. The molecule has 0 amide bonds. The molecule has 0 aliphatic carbocycles. The lowest BCUT2D eigenvalue weighted by Gasteiger charge is -2.27. The summed E-state index contributed by atoms with van der Waals surface area (Å²) in [6.45, 7) is 2.62. The smallest absolute Gasteiger partial charge is 0.459 e. The number of nitrogens with zero attached hydrogens (tertiary/aromatic N) is 1. The van der Waals surface area contributed by atoms with Gasteiger partial charge in [-0.25, -0.2) is 9.36 Å². The van der Waals surface area contributed by atoms with E-state index in [1.165, 1.54) is 24.3 Å². The molecule has 15 heteroatoms. The van der Waals surface area contributed by atoms with Crippen molar-refractivity contribution in [1.29, 1.82) is 0 Å². The van der Waals surface area contributed by atoms with Crippen LogP contribution in [0.15, 0.2) is 76.4 Å². The van der Waals surface area contributed by atoms with Gasteiger partial charge in [-0.2, -0.15) is 5.09 Å². The summed E-state index contributed by atoms with van der Waals surface area (Å²) in [5.74, 6) is 1.36. The third kappa shape index (κ3) is 7.85. The Hall–Kier alpha value is -3.73. The predicted molar refractivity (Wildman–Crippen MR) is 159 cm³/mol. The molecule has 1 aliphatic heterocycles. The number of halogens is 1. The van der Waals surface area contributed by atoms with Gasteiger partial charge in [0.15, 0.2) is 11.8 Å². The average molecular weight is 648 g/mol. The number of hydrogen-bond acceptors (Lipinski definition) is 10. The molecule has 2 aromatic carbocycles. The number of nitrogens with one attached hydrogen (secondary N) is 2. The van der Waals surface area contributed by atoms with Crippen LogP contribution in [-0.2, 0) is 29.8 Å². The second kappa shape index (κ2) is 13.9. The fourth-order valence-corrected chi connectivity index (χ4v) is 6.01. The summed E-state index contributed by atoms with van der Waals surface area (Å²) in [5.41, 5.74) is -3.41. The Bertz CT molecular complexity index is 1660. The molecule has 3 aromatic rings. The minimum Gasteiger partial charge on any atom is -0.462 e. The molecule has 0 bridgehead atoms. The molecule has 1 fully saturated rings. The topological polar surface area (TPSA) is 178 Å². The van der Waals surface area contributed by atoms with Gasteiger partial charge in [0.25, 0.3) is 5.56 Å². The highest BCUT2D eigenvalue weighted by molar-refractivity contribution is 7.52. The van der Waals surface area contributed by atoms with Gasteiger partial charge in [0, 0.05) is 17.3 Å². The lowest BCUT2D eigenvalue weighted by Crippen LogP contribution is -2.48. The molecule has 0 spiro atoms. The molecule has 0 radical (unpaired) electrons. The van der Waals surface area contributed by atoms with Gasteiger partial charge in [-0.3, -0.25) is 23.7 Å². The second-order valence-corrected chi connectivity index (χ2v) is 12.3. The van der Waals surface area contributed by atoms with Gasteiger partial charge in [-0.1, -0.05) is 47.9 Å². The van der Waals surface area contributed by atoms with E-state index in [9.17, 15) is 29.2 Å². The molecular weight excluding hydrogens is 617 g/mol. The lowest BCUT2D eigenvalue weighted by molar-refractivity contribution is -0.149. The van der Waals surface area contributed by atoms with Gasteiger partial charge in [-0.15, -0.1) is 6.42 Å². The van der Waals surface area contributed by atoms with Crippen LogP contribution < -0.4 is 20.9 Å². The Kier molecular flexibility index (Phi) is 10.5. The summed E-state index contributed by atoms with van der Waals surface area (Å²) < 4.78 is 37.6. The van der Waals surface area contributed by atoms with E-state index in [-0.39, 0.29) is 12.2 Å². The van der Waals surface area contributed by atoms with Crippen molar-refractivity contribution >= 4 is 25.3 Å². The Labute approximate surface area is 257 Å². The van der Waals surface area contributed by atoms with Crippen LogP contribution >= 0.6 is 19.3 Å². The molecule has 44 heavy (non-hydrogen) atoms. The number of benzene rings is 2. The van der Waals surface area contributed by atoms with E-state index in [0.717, 1.165) is 16.8 Å². The molecule has 4 rings (SSSR count). The maximum atomic E-state index is 14.3. The third-order valence-corrected chi connectivity index (χ3v) is 8.32. The van der Waals surface area contributed by atoms with Crippen LogP contribution in [-0.4, -0.2) is 62.3 Å². The molecule has 2 heterocycles. The van der Waals surface area contributed by atoms with E-state index in [2.05, 4.69) is 5.09 Å². The second-order valence-electron chi connectivity index (χ2n) is 10.2. The van der Waals surface area contributed by atoms with Crippen molar-refractivity contribution in [3.05, 3.63) is 98.3 Å². The maximum absolute atomic E-state index is 14.3. The Morgan fingerprint density at radius 2 is 1.89 bits per heavy atom. The Morgan fingerprint density at radius 1 is 1.20 bits per heavy atom. The predicted octanol–water partition coefficient (Wildman–Crippen LogP) is 2.17. The van der Waals surface area contributed by atoms with E-state index < -0.39 is 67.8 Å². The largest absolute Gasteiger partial charge is 0.462 e. The first kappa shape index (κ1) is 33.2. The molecular formula is C29H31ClN3O10P. The van der Waals surface area contributed by atoms with Crippen molar-refractivity contribution in [2.45, 2.75) is 56.5 Å². The quantitative estimate of drug-likeness (QED) is 0.129. The first-order valence-corrected chi connectivity index (χ1v) is 15.3. The fraction of sp³-hybridized carbons (Fsp3) is 0.345. The number of aromatic amines is 1. The SMILES string of the molecule is C#C[C@@]1(O)[C@H](O)[C@@H](COP(=O)(NC(Cc2ccccc2)C(=O)OC(C)C)Oc2ccc(Cl)cc2)O[C@H]1n1ccc(=O)[nH]c1=O. The van der Waals surface area contributed by atoms with Crippen LogP contribution in [0.4, 0.5) is 0 Å². The number of aliphatic hydroxyl groups excluding tert-OH is 1. The zero-order valence-corrected chi connectivity index (χ0v) is 25.3. The summed E-state index contributed by atoms with van der Waals surface area (Å²) in [7, 11) is -4.52. The van der Waals surface area contributed by atoms with Crippen molar-refractivity contribution in [2.75, 3.05) is 6.61 Å². The highest BCUT2D eigenvalue weighted by Crippen LogP contribution is 2.47. The summed E-state index contributed by atoms with van der Waals surface area (Å²) in [4.78, 5) is 39.1. The first-order chi connectivity index (χ1) is 20.8. The highest BCUT2D eigenvalue weighted by Gasteiger charge is 2.56. The van der Waals surface area contributed by atoms with E-state index in [1.54, 1.807) is 44.2 Å². The van der Waals surface area contributed by atoms with Crippen molar-refractivity contribution in [2.24, 2.45) is 0 Å². The Balaban J connectivity index is 1.63. The number of H-pyrrole nitrogens is 1. The number of carbonyl (C=O) groups is 1. The van der Waals surface area contributed by atoms with Crippen LogP contribution in [0.1, 0.15) is 25.6 Å². The fourth-order valence-electron chi connectivity index (χ4n) is 4.38. The molecule has 6 atom stereocenters. The Morgan fingerprint density at radius 3 is 2.50 bits per heavy atom. The normalized spacial score (nSPS) is 23.4. The number of aromatic nitrogens is 2. The zero-order chi connectivity index (χ0) is 32.1. The summed E-state index contributed by atoms with van der Waals surface area (Å²) in [5, 5.41) is 25.1. The van der Waals surface area contributed by atoms with Crippen molar-refractivity contribution in [1.82, 2.24) is 14.6 Å². The molecule has 1 saturated heterocycles. The van der Waals surface area contributed by atoms with E-state index in [0.29, 0.717) is 10.6 Å². The number of hydrogen-bond donors (Lipinski definition) is 4. The number of ether oxygens (including phenoxy) is 2. The van der Waals surface area contributed by atoms with Gasteiger partial charge in [-0.05, 0) is 50.1 Å². The summed E-state index contributed by atoms with van der Waals surface area (Å²) in [6.07, 6.45) is 1.13. The highest BCUT2D eigenvalue weighted by atomic mass is 35.5. The van der Waals surface area contributed by atoms with Crippen LogP contribution in [0.3, 0.4) is 0 Å². The van der Waals surface area contributed by atoms with Crippen molar-refractivity contribution in [3.63, 3.8) is 0 Å². The van der Waals surface area contributed by atoms with Gasteiger partial charge in [0.1, 0.15) is 24.0 Å². The average Bonchev–Trinajstić information content (AvgIpc) is 3.23. The number of terminal acetylenes is 1. The number of carbonyl (C=O) groups excluding carboxylic acids is 1. The standard InChI is InChI=1S/C29H31ClN3O10P/c1-4-29(38)25(35)23(42-27(29)33-15-14-24(34)31-28(33)37)17-40-44(39,43-21-12-10-20(30)11-13-21)32-22(26(36)41-18(2)3)16-19-8-6-5-7-9-19/h1,5-15,18,22-23,25,27,35,38H,16-17H2,2-3H3,(H,32,39)(H,31,34,37)/t22?,23-,25-,27-,29-,44?/m1/s1. The molecule has 2 unspecified atom stereocenters. The zero-order valence-electron chi connectivity index (χ0n) is 23.7. The van der Waals surface area contributed by atoms with Crippen molar-refractivity contribution in [3.8, 4) is 18.1 Å². The number of aliphatic hydroxyl groups is 2. The monoisotopic (exact) mass is 647 g/mol. The van der Waals surface area contributed by atoms with Crippen molar-refractivity contribution < 1.29 is 38.1 Å². The van der Waals surface area contributed by atoms with Gasteiger partial charge >= 0.3 is 19.4 Å². The first-order valence-electron chi connectivity index (χ1n) is 13.4. The van der Waals surface area contributed by atoms with E-state index in [4.69, 9.17) is 36.5 Å². The molecule has 1 aliphatic rings. The van der Waals surface area contributed by atoms with E-state index in [1.807, 2.05) is 10.9 Å². The van der Waals surface area contributed by atoms with Crippen LogP contribution in [0.5, 0.6) is 5.75 Å². The minimum atomic E-state index is -4.52. The van der Waals surface area contributed by atoms with Crippen LogP contribution in [0.2, 0.25) is 5.02 Å². The summed E-state index contributed by atoms with van der Waals surface area (Å²) in [6, 6.07) is 14.5. The molecule has 234 valence electrons. The van der Waals surface area contributed by atoms with Gasteiger partial charge in [0.2, 0.25) is 0 Å². The molecule has 4 N–H and O–H groups in total.